The number of aryl methyl sites for hydroxylation is 1. The van der Waals surface area contributed by atoms with Gasteiger partial charge in [0.15, 0.2) is 0 Å². The number of aliphatic imine (C=N–C) groups is 1. The van der Waals surface area contributed by atoms with E-state index >= 15 is 0 Å². The minimum absolute atomic E-state index is 0.207. The first-order valence-electron chi connectivity index (χ1n) is 8.03. The Labute approximate surface area is 141 Å². The van der Waals surface area contributed by atoms with Crippen LogP contribution in [0.5, 0.6) is 0 Å². The van der Waals surface area contributed by atoms with Gasteiger partial charge >= 0.3 is 6.03 Å². The van der Waals surface area contributed by atoms with E-state index in [2.05, 4.69) is 34.0 Å². The monoisotopic (exact) mass is 323 g/mol. The fourth-order valence-corrected chi connectivity index (χ4v) is 3.01. The van der Waals surface area contributed by atoms with Crippen LogP contribution in [0.1, 0.15) is 30.4 Å². The second kappa shape index (κ2) is 6.78. The van der Waals surface area contributed by atoms with E-state index in [1.165, 1.54) is 4.90 Å². The molecule has 2 aromatic rings. The number of hydrogen-bond acceptors (Lipinski definition) is 4. The molecule has 24 heavy (non-hydrogen) atoms. The van der Waals surface area contributed by atoms with Crippen LogP contribution in [-0.2, 0) is 6.42 Å². The first-order chi connectivity index (χ1) is 11.6. The molecule has 2 amide bonds. The molecule has 1 aliphatic rings. The number of hydrogen-bond donors (Lipinski definition) is 1. The fourth-order valence-electron chi connectivity index (χ4n) is 3.01. The van der Waals surface area contributed by atoms with Gasteiger partial charge in [0.05, 0.1) is 0 Å². The molecule has 0 aromatic carbocycles. The fraction of sp³-hybridized carbons (Fsp3) is 0.333. The number of pyridine rings is 2. The van der Waals surface area contributed by atoms with Crippen LogP contribution in [-0.4, -0.2) is 35.8 Å². The predicted octanol–water partition coefficient (Wildman–Crippen LogP) is 2.78. The Morgan fingerprint density at radius 3 is 2.88 bits per heavy atom. The van der Waals surface area contributed by atoms with Crippen LogP contribution in [0.4, 0.5) is 10.6 Å². The summed E-state index contributed by atoms with van der Waals surface area (Å²) in [5.41, 5.74) is 9.60. The van der Waals surface area contributed by atoms with Gasteiger partial charge in [0.2, 0.25) is 0 Å². The molecule has 2 N–H and O–H groups in total. The zero-order chi connectivity index (χ0) is 17.1. The van der Waals surface area contributed by atoms with Gasteiger partial charge < -0.3 is 10.7 Å². The van der Waals surface area contributed by atoms with Gasteiger partial charge in [-0.25, -0.2) is 9.78 Å². The summed E-state index contributed by atoms with van der Waals surface area (Å²) in [5.74, 6) is 0.881. The molecule has 0 aliphatic carbocycles. The highest BCUT2D eigenvalue weighted by Gasteiger charge is 2.22. The topological polar surface area (TPSA) is 84.5 Å². The number of carbonyl (C=O) groups excluding carboxylic acids is 1. The second-order valence-corrected chi connectivity index (χ2v) is 6.00. The summed E-state index contributed by atoms with van der Waals surface area (Å²) in [7, 11) is 1.77. The van der Waals surface area contributed by atoms with Crippen LogP contribution < -0.4 is 10.6 Å². The van der Waals surface area contributed by atoms with Crippen molar-refractivity contribution in [2.75, 3.05) is 18.5 Å². The number of amides is 2. The van der Waals surface area contributed by atoms with E-state index in [0.29, 0.717) is 12.4 Å². The minimum Gasteiger partial charge on any atom is -0.351 e. The second-order valence-electron chi connectivity index (χ2n) is 6.00. The van der Waals surface area contributed by atoms with Crippen LogP contribution in [0, 0.1) is 0 Å². The molecule has 124 valence electrons. The molecule has 3 rings (SSSR count). The van der Waals surface area contributed by atoms with E-state index in [1.54, 1.807) is 13.2 Å². The Hall–Kier alpha value is -2.76. The number of fused-ring (bicyclic) bond motifs is 1. The zero-order valence-electron chi connectivity index (χ0n) is 13.9. The highest BCUT2D eigenvalue weighted by Crippen LogP contribution is 2.30. The van der Waals surface area contributed by atoms with Gasteiger partial charge in [-0.15, -0.1) is 0 Å². The van der Waals surface area contributed by atoms with Gasteiger partial charge in [-0.2, -0.15) is 0 Å². The number of nitrogens with two attached hydrogens (primary N) is 1. The van der Waals surface area contributed by atoms with Crippen LogP contribution >= 0.6 is 0 Å². The summed E-state index contributed by atoms with van der Waals surface area (Å²) in [6.45, 7) is 2.71. The molecule has 1 atom stereocenters. The molecule has 6 heteroatoms. The third kappa shape index (κ3) is 3.13. The van der Waals surface area contributed by atoms with Crippen LogP contribution in [0.25, 0.3) is 11.1 Å². The summed E-state index contributed by atoms with van der Waals surface area (Å²) in [6, 6.07) is 3.74. The van der Waals surface area contributed by atoms with Crippen molar-refractivity contribution in [1.82, 2.24) is 9.97 Å². The van der Waals surface area contributed by atoms with Crippen LogP contribution in [0.15, 0.2) is 35.7 Å². The molecule has 0 saturated carbocycles. The lowest BCUT2D eigenvalue weighted by Gasteiger charge is -2.26. The molecule has 0 radical (unpaired) electrons. The van der Waals surface area contributed by atoms with Crippen molar-refractivity contribution in [3.8, 4) is 11.1 Å². The number of anilines is 1. The Bertz CT molecular complexity index is 787. The van der Waals surface area contributed by atoms with Crippen molar-refractivity contribution < 1.29 is 4.79 Å². The zero-order valence-corrected chi connectivity index (χ0v) is 13.9. The smallest absolute Gasteiger partial charge is 0.320 e. The molecule has 0 fully saturated rings. The molecule has 3 heterocycles. The summed E-state index contributed by atoms with van der Waals surface area (Å²) < 4.78 is 0. The molecule has 1 unspecified atom stereocenters. The Balaban J connectivity index is 1.97. The molecule has 0 spiro atoms. The first-order valence-corrected chi connectivity index (χ1v) is 8.03. The van der Waals surface area contributed by atoms with Gasteiger partial charge in [0.1, 0.15) is 5.82 Å². The molecule has 0 saturated heterocycles. The van der Waals surface area contributed by atoms with Crippen molar-refractivity contribution in [3.05, 3.63) is 41.9 Å². The maximum atomic E-state index is 11.5. The van der Waals surface area contributed by atoms with Crippen molar-refractivity contribution >= 4 is 18.1 Å². The largest absolute Gasteiger partial charge is 0.351 e. The first kappa shape index (κ1) is 16.1. The van der Waals surface area contributed by atoms with E-state index in [4.69, 9.17) is 5.73 Å². The maximum Gasteiger partial charge on any atom is 0.320 e. The SMILES string of the molecule is CN=CC(C)c1cncc(-c2cnc3c(c2)CCCN3C(N)=O)c1. The van der Waals surface area contributed by atoms with Crippen molar-refractivity contribution in [2.24, 2.45) is 10.7 Å². The van der Waals surface area contributed by atoms with Gasteiger partial charge in [-0.1, -0.05) is 6.92 Å². The molecular formula is C18H21N5O. The average Bonchev–Trinajstić information content (AvgIpc) is 2.61. The number of urea groups is 1. The molecule has 2 aromatic heterocycles. The van der Waals surface area contributed by atoms with Crippen LogP contribution in [0.2, 0.25) is 0 Å². The lowest BCUT2D eigenvalue weighted by atomic mass is 9.98. The van der Waals surface area contributed by atoms with Gasteiger partial charge in [0.25, 0.3) is 0 Å². The minimum atomic E-state index is -0.451. The highest BCUT2D eigenvalue weighted by molar-refractivity contribution is 5.91. The van der Waals surface area contributed by atoms with Crippen molar-refractivity contribution in [1.29, 1.82) is 0 Å². The normalized spacial score (nSPS) is 15.3. The van der Waals surface area contributed by atoms with Crippen LogP contribution in [0.3, 0.4) is 0 Å². The third-order valence-corrected chi connectivity index (χ3v) is 4.28. The summed E-state index contributed by atoms with van der Waals surface area (Å²) in [4.78, 5) is 26.0. The van der Waals surface area contributed by atoms with E-state index in [9.17, 15) is 4.79 Å². The van der Waals surface area contributed by atoms with E-state index in [1.807, 2.05) is 18.6 Å². The maximum absolute atomic E-state index is 11.5. The Morgan fingerprint density at radius 2 is 2.12 bits per heavy atom. The highest BCUT2D eigenvalue weighted by atomic mass is 16.2. The quantitative estimate of drug-likeness (QED) is 0.881. The number of rotatable bonds is 3. The summed E-state index contributed by atoms with van der Waals surface area (Å²) >= 11 is 0. The Morgan fingerprint density at radius 1 is 1.33 bits per heavy atom. The third-order valence-electron chi connectivity index (χ3n) is 4.28. The van der Waals surface area contributed by atoms with Crippen molar-refractivity contribution in [2.45, 2.75) is 25.7 Å². The number of primary amides is 1. The summed E-state index contributed by atoms with van der Waals surface area (Å²) in [5, 5.41) is 0. The van der Waals surface area contributed by atoms with Crippen molar-refractivity contribution in [3.63, 3.8) is 0 Å². The van der Waals surface area contributed by atoms with E-state index in [0.717, 1.165) is 35.1 Å². The number of carbonyl (C=O) groups is 1. The predicted molar refractivity (Wildman–Crippen MR) is 95.5 cm³/mol. The lowest BCUT2D eigenvalue weighted by Crippen LogP contribution is -2.40. The standard InChI is InChI=1S/C18H21N5O/c1-12(8-20-2)14-7-15(10-21-9-14)16-6-13-4-3-5-23(18(19)24)17(13)22-11-16/h6-12H,3-5H2,1-2H3,(H2,19,24). The van der Waals surface area contributed by atoms with E-state index < -0.39 is 6.03 Å². The van der Waals surface area contributed by atoms with Gasteiger partial charge in [-0.3, -0.25) is 9.88 Å². The van der Waals surface area contributed by atoms with Gasteiger partial charge in [-0.05, 0) is 36.1 Å². The lowest BCUT2D eigenvalue weighted by molar-refractivity contribution is 0.253. The Kier molecular flexibility index (Phi) is 4.55. The molecule has 1 aliphatic heterocycles. The molecule has 0 bridgehead atoms. The number of nitrogens with zero attached hydrogens (tertiary/aromatic N) is 4. The van der Waals surface area contributed by atoms with Gasteiger partial charge in [0, 0.05) is 55.4 Å². The molecule has 6 nitrogen and oxygen atoms in total. The molecular weight excluding hydrogens is 302 g/mol. The summed E-state index contributed by atoms with van der Waals surface area (Å²) in [6.07, 6.45) is 9.15. The van der Waals surface area contributed by atoms with E-state index in [-0.39, 0.29) is 5.92 Å². The number of aromatic nitrogens is 2. The average molecular weight is 323 g/mol.